The molecule has 0 amide bonds. The quantitative estimate of drug-likeness (QED) is 0.607. The standard InChI is InChI=1S/C20H32N2.C2H2O4/c1-2-18-9-11-19(12-10-18)17-21-13-15-22(16-14-21)20-7-5-3-4-6-8-20;3-1(4)2(5)6/h9-12,20H,2-8,13-17H2,1H3;(H,3,4)(H,5,6). The van der Waals surface area contributed by atoms with E-state index in [0.29, 0.717) is 0 Å². The summed E-state index contributed by atoms with van der Waals surface area (Å²) in [6, 6.07) is 10.1. The Kier molecular flexibility index (Phi) is 9.44. The second-order valence-electron chi connectivity index (χ2n) is 7.74. The highest BCUT2D eigenvalue weighted by molar-refractivity contribution is 6.27. The highest BCUT2D eigenvalue weighted by Crippen LogP contribution is 2.23. The minimum Gasteiger partial charge on any atom is -0.473 e. The van der Waals surface area contributed by atoms with Crippen LogP contribution in [-0.4, -0.2) is 64.2 Å². The molecule has 156 valence electrons. The molecule has 1 aliphatic heterocycles. The number of benzene rings is 1. The minimum atomic E-state index is -1.82. The minimum absolute atomic E-state index is 0.883. The summed E-state index contributed by atoms with van der Waals surface area (Å²) in [6.45, 7) is 8.39. The van der Waals surface area contributed by atoms with Crippen LogP contribution in [0.4, 0.5) is 0 Å². The van der Waals surface area contributed by atoms with Crippen molar-refractivity contribution < 1.29 is 19.8 Å². The van der Waals surface area contributed by atoms with Gasteiger partial charge in [0.2, 0.25) is 0 Å². The van der Waals surface area contributed by atoms with Crippen molar-refractivity contribution in [2.75, 3.05) is 26.2 Å². The van der Waals surface area contributed by atoms with Gasteiger partial charge in [0.25, 0.3) is 0 Å². The average Bonchev–Trinajstić information content (AvgIpc) is 2.99. The largest absolute Gasteiger partial charge is 0.473 e. The van der Waals surface area contributed by atoms with Crippen molar-refractivity contribution >= 4 is 11.9 Å². The van der Waals surface area contributed by atoms with Gasteiger partial charge in [-0.25, -0.2) is 9.59 Å². The number of hydrogen-bond donors (Lipinski definition) is 2. The van der Waals surface area contributed by atoms with Gasteiger partial charge >= 0.3 is 11.9 Å². The number of nitrogens with zero attached hydrogens (tertiary/aromatic N) is 2. The third kappa shape index (κ3) is 7.60. The van der Waals surface area contributed by atoms with Gasteiger partial charge in [-0.1, -0.05) is 56.9 Å². The first kappa shape index (κ1) is 22.4. The first-order valence-electron chi connectivity index (χ1n) is 10.5. The molecule has 28 heavy (non-hydrogen) atoms. The molecule has 0 bridgehead atoms. The highest BCUT2D eigenvalue weighted by atomic mass is 16.4. The molecule has 2 aliphatic rings. The first-order chi connectivity index (χ1) is 13.5. The summed E-state index contributed by atoms with van der Waals surface area (Å²) in [7, 11) is 0. The second-order valence-corrected chi connectivity index (χ2v) is 7.74. The van der Waals surface area contributed by atoms with Gasteiger partial charge in [-0.05, 0) is 30.4 Å². The Hall–Kier alpha value is -1.92. The summed E-state index contributed by atoms with van der Waals surface area (Å²) < 4.78 is 0. The van der Waals surface area contributed by atoms with Gasteiger partial charge in [0.15, 0.2) is 0 Å². The number of aryl methyl sites for hydroxylation is 1. The highest BCUT2D eigenvalue weighted by Gasteiger charge is 2.24. The fraction of sp³-hybridized carbons (Fsp3) is 0.636. The van der Waals surface area contributed by atoms with E-state index in [9.17, 15) is 0 Å². The number of carboxylic acids is 2. The van der Waals surface area contributed by atoms with Gasteiger partial charge in [-0.3, -0.25) is 9.80 Å². The van der Waals surface area contributed by atoms with Crippen LogP contribution in [0, 0.1) is 0 Å². The number of hydrogen-bond acceptors (Lipinski definition) is 4. The average molecular weight is 391 g/mol. The zero-order valence-electron chi connectivity index (χ0n) is 17.0. The van der Waals surface area contributed by atoms with Crippen LogP contribution in [0.15, 0.2) is 24.3 Å². The molecule has 6 nitrogen and oxygen atoms in total. The predicted octanol–water partition coefficient (Wildman–Crippen LogP) is 3.25. The number of rotatable bonds is 4. The van der Waals surface area contributed by atoms with Crippen molar-refractivity contribution in [3.05, 3.63) is 35.4 Å². The van der Waals surface area contributed by atoms with Crippen molar-refractivity contribution in [1.82, 2.24) is 9.80 Å². The maximum atomic E-state index is 9.10. The molecule has 0 aromatic heterocycles. The number of carboxylic acid groups (broad SMARTS) is 2. The molecule has 2 N–H and O–H groups in total. The molecule has 0 spiro atoms. The molecule has 1 heterocycles. The third-order valence-corrected chi connectivity index (χ3v) is 5.77. The summed E-state index contributed by atoms with van der Waals surface area (Å²) in [5.41, 5.74) is 2.92. The van der Waals surface area contributed by atoms with Gasteiger partial charge < -0.3 is 10.2 Å². The SMILES string of the molecule is CCc1ccc(CN2CCN(C3CCCCCC3)CC2)cc1.O=C(O)C(=O)O. The van der Waals surface area contributed by atoms with E-state index in [1.54, 1.807) is 0 Å². The van der Waals surface area contributed by atoms with Gasteiger partial charge in [0.1, 0.15) is 0 Å². The fourth-order valence-corrected chi connectivity index (χ4v) is 4.05. The van der Waals surface area contributed by atoms with Gasteiger partial charge in [0.05, 0.1) is 0 Å². The zero-order chi connectivity index (χ0) is 20.4. The van der Waals surface area contributed by atoms with Crippen LogP contribution in [0.2, 0.25) is 0 Å². The van der Waals surface area contributed by atoms with Crippen LogP contribution in [0.3, 0.4) is 0 Å². The van der Waals surface area contributed by atoms with Crippen molar-refractivity contribution in [3.8, 4) is 0 Å². The molecule has 1 saturated carbocycles. The molecule has 0 atom stereocenters. The van der Waals surface area contributed by atoms with Crippen LogP contribution in [0.5, 0.6) is 0 Å². The van der Waals surface area contributed by atoms with Crippen LogP contribution in [0.1, 0.15) is 56.6 Å². The summed E-state index contributed by atoms with van der Waals surface area (Å²) >= 11 is 0. The summed E-state index contributed by atoms with van der Waals surface area (Å²) in [4.78, 5) is 23.6. The smallest absolute Gasteiger partial charge is 0.414 e. The number of carbonyl (C=O) groups is 2. The van der Waals surface area contributed by atoms with Crippen LogP contribution >= 0.6 is 0 Å². The Labute approximate surface area is 168 Å². The Bertz CT molecular complexity index is 589. The van der Waals surface area contributed by atoms with Crippen molar-refractivity contribution in [3.63, 3.8) is 0 Å². The van der Waals surface area contributed by atoms with Crippen molar-refractivity contribution in [2.24, 2.45) is 0 Å². The fourth-order valence-electron chi connectivity index (χ4n) is 4.05. The Morgan fingerprint density at radius 2 is 1.36 bits per heavy atom. The molecule has 6 heteroatoms. The molecular weight excluding hydrogens is 356 g/mol. The van der Waals surface area contributed by atoms with Crippen LogP contribution < -0.4 is 0 Å². The lowest BCUT2D eigenvalue weighted by atomic mass is 10.1. The molecule has 0 radical (unpaired) electrons. The molecule has 1 aromatic rings. The Morgan fingerprint density at radius 3 is 1.82 bits per heavy atom. The maximum Gasteiger partial charge on any atom is 0.414 e. The first-order valence-corrected chi connectivity index (χ1v) is 10.5. The Morgan fingerprint density at radius 1 is 0.857 bits per heavy atom. The molecular formula is C22H34N2O4. The molecule has 2 fully saturated rings. The van der Waals surface area contributed by atoms with E-state index in [1.807, 2.05) is 0 Å². The maximum absolute atomic E-state index is 9.10. The Balaban J connectivity index is 0.000000409. The summed E-state index contributed by atoms with van der Waals surface area (Å²) in [6.07, 6.45) is 9.86. The zero-order valence-corrected chi connectivity index (χ0v) is 17.0. The van der Waals surface area contributed by atoms with Gasteiger partial charge in [0, 0.05) is 38.8 Å². The van der Waals surface area contributed by atoms with E-state index in [1.165, 1.54) is 75.8 Å². The van der Waals surface area contributed by atoms with E-state index in [2.05, 4.69) is 41.0 Å². The van der Waals surface area contributed by atoms with Gasteiger partial charge in [-0.2, -0.15) is 0 Å². The lowest BCUT2D eigenvalue weighted by Crippen LogP contribution is -2.49. The molecule has 3 rings (SSSR count). The summed E-state index contributed by atoms with van der Waals surface area (Å²) in [5.74, 6) is -3.65. The number of piperazine rings is 1. The second kappa shape index (κ2) is 11.8. The normalized spacial score (nSPS) is 19.3. The van der Waals surface area contributed by atoms with E-state index in [-0.39, 0.29) is 0 Å². The lowest BCUT2D eigenvalue weighted by molar-refractivity contribution is -0.159. The van der Waals surface area contributed by atoms with Crippen molar-refractivity contribution in [1.29, 1.82) is 0 Å². The number of aliphatic carboxylic acids is 2. The van der Waals surface area contributed by atoms with E-state index in [0.717, 1.165) is 19.0 Å². The molecule has 1 aliphatic carbocycles. The van der Waals surface area contributed by atoms with E-state index in [4.69, 9.17) is 19.8 Å². The predicted molar refractivity (Wildman–Crippen MR) is 109 cm³/mol. The topological polar surface area (TPSA) is 81.1 Å². The lowest BCUT2D eigenvalue weighted by Gasteiger charge is -2.39. The monoisotopic (exact) mass is 390 g/mol. The molecule has 1 aromatic carbocycles. The van der Waals surface area contributed by atoms with Crippen LogP contribution in [-0.2, 0) is 22.6 Å². The summed E-state index contributed by atoms with van der Waals surface area (Å²) in [5, 5.41) is 14.8. The van der Waals surface area contributed by atoms with Crippen LogP contribution in [0.25, 0.3) is 0 Å². The molecule has 0 unspecified atom stereocenters. The molecule has 1 saturated heterocycles. The van der Waals surface area contributed by atoms with E-state index >= 15 is 0 Å². The van der Waals surface area contributed by atoms with Gasteiger partial charge in [-0.15, -0.1) is 0 Å². The van der Waals surface area contributed by atoms with Crippen molar-refractivity contribution in [2.45, 2.75) is 64.5 Å². The third-order valence-electron chi connectivity index (χ3n) is 5.77. The van der Waals surface area contributed by atoms with E-state index < -0.39 is 11.9 Å².